The van der Waals surface area contributed by atoms with Crippen molar-refractivity contribution in [3.05, 3.63) is 229 Å². The first-order valence-corrected chi connectivity index (χ1v) is 26.0. The van der Waals surface area contributed by atoms with Crippen molar-refractivity contribution in [1.29, 1.82) is 0 Å². The molecule has 0 saturated carbocycles. The van der Waals surface area contributed by atoms with Gasteiger partial charge in [-0.3, -0.25) is 0 Å². The number of hydrogen-bond acceptors (Lipinski definition) is 3. The quantitative estimate of drug-likeness (QED) is 0.161. The minimum Gasteiger partial charge on any atom is -0.458 e. The van der Waals surface area contributed by atoms with Crippen LogP contribution in [0.1, 0.15) is 51.3 Å². The van der Waals surface area contributed by atoms with Crippen LogP contribution in [0.5, 0.6) is 11.5 Å². The number of nitrogens with zero attached hydrogens (tertiary/aromatic N) is 4. The van der Waals surface area contributed by atoms with E-state index in [-0.39, 0.29) is 17.5 Å². The highest BCUT2D eigenvalue weighted by atomic mass is 16.5. The van der Waals surface area contributed by atoms with E-state index in [4.69, 9.17) is 4.74 Å². The average molecular weight is 953 g/mol. The molecule has 12 aromatic rings. The van der Waals surface area contributed by atoms with Crippen LogP contribution in [-0.2, 0) is 17.9 Å². The van der Waals surface area contributed by atoms with Crippen LogP contribution < -0.4 is 30.9 Å². The molecule has 2 aliphatic heterocycles. The van der Waals surface area contributed by atoms with Gasteiger partial charge >= 0.3 is 0 Å². The maximum absolute atomic E-state index is 7.42. The molecular formula is C68H53BN4O. The lowest BCUT2D eigenvalue weighted by Gasteiger charge is -2.42. The molecule has 10 aromatic carbocycles. The third-order valence-corrected chi connectivity index (χ3v) is 16.7. The van der Waals surface area contributed by atoms with E-state index in [1.807, 2.05) is 0 Å². The maximum atomic E-state index is 7.42. The first kappa shape index (κ1) is 42.9. The Morgan fingerprint density at radius 1 is 0.486 bits per heavy atom. The Morgan fingerprint density at radius 2 is 1.08 bits per heavy atom. The Labute approximate surface area is 432 Å². The van der Waals surface area contributed by atoms with Gasteiger partial charge in [0.05, 0.1) is 22.4 Å². The van der Waals surface area contributed by atoms with Crippen molar-refractivity contribution in [3.63, 3.8) is 0 Å². The normalized spacial score (nSPS) is 14.0. The Morgan fingerprint density at radius 3 is 1.77 bits per heavy atom. The Kier molecular flexibility index (Phi) is 8.92. The van der Waals surface area contributed by atoms with Crippen LogP contribution in [-0.4, -0.2) is 15.8 Å². The van der Waals surface area contributed by atoms with E-state index in [0.717, 1.165) is 51.3 Å². The van der Waals surface area contributed by atoms with Gasteiger partial charge in [-0.1, -0.05) is 168 Å². The minimum atomic E-state index is -0.221. The summed E-state index contributed by atoms with van der Waals surface area (Å²) < 4.78 is 12.4. The predicted molar refractivity (Wildman–Crippen MR) is 312 cm³/mol. The lowest BCUT2D eigenvalue weighted by molar-refractivity contribution is 0.486. The summed E-state index contributed by atoms with van der Waals surface area (Å²) in [5.74, 6) is 1.75. The molecule has 0 saturated heterocycles. The van der Waals surface area contributed by atoms with E-state index < -0.39 is 0 Å². The Bertz CT molecular complexity index is 4240. The van der Waals surface area contributed by atoms with Gasteiger partial charge in [-0.05, 0) is 122 Å². The molecule has 74 heavy (non-hydrogen) atoms. The van der Waals surface area contributed by atoms with Gasteiger partial charge in [-0.25, -0.2) is 0 Å². The minimum absolute atomic E-state index is 0.0957. The fraction of sp³-hybridized carbons (Fsp3) is 0.118. The van der Waals surface area contributed by atoms with Crippen molar-refractivity contribution in [3.8, 4) is 28.3 Å². The molecule has 15 rings (SSSR count). The summed E-state index contributed by atoms with van der Waals surface area (Å²) in [5, 5.41) is 4.94. The van der Waals surface area contributed by atoms with Crippen LogP contribution in [0.3, 0.4) is 0 Å². The molecule has 0 spiro atoms. The molecular weight excluding hydrogens is 900 g/mol. The van der Waals surface area contributed by atoms with Gasteiger partial charge in [0.25, 0.3) is 6.71 Å². The first-order valence-electron chi connectivity index (χ1n) is 26.0. The average Bonchev–Trinajstić information content (AvgIpc) is 4.14. The van der Waals surface area contributed by atoms with E-state index >= 15 is 0 Å². The standard InChI is InChI=1S/C68H53BN4O/c1-67(2,3)42-33-36-61-54(37-42)69-64-59(39-46(40-62(64)74-61)71(43-21-9-7-10-22-43)44-23-11-8-12-24-44)72(45-34-35-48-47-25-13-17-29-52(47)68(4,5)53(48)38-45)60-41-58(63-51-28-16-18-30-55(51)70(6)66(63)65(60)69)73-56-31-19-14-26-49(56)50-27-15-20-32-57(50)73/h7-41H,1-6H3. The number of aromatic nitrogens is 2. The lowest BCUT2D eigenvalue weighted by Crippen LogP contribution is -2.60. The van der Waals surface area contributed by atoms with Crippen molar-refractivity contribution in [1.82, 2.24) is 9.13 Å². The zero-order chi connectivity index (χ0) is 49.8. The summed E-state index contributed by atoms with van der Waals surface area (Å²) in [5.41, 5.74) is 22.3. The number of benzene rings is 10. The first-order chi connectivity index (χ1) is 36.0. The largest absolute Gasteiger partial charge is 0.458 e. The highest BCUT2D eigenvalue weighted by Crippen LogP contribution is 2.53. The van der Waals surface area contributed by atoms with Crippen LogP contribution >= 0.6 is 0 Å². The second kappa shape index (κ2) is 15.4. The fourth-order valence-corrected chi connectivity index (χ4v) is 13.2. The van der Waals surface area contributed by atoms with E-state index in [1.54, 1.807) is 0 Å². The van der Waals surface area contributed by atoms with Gasteiger partial charge in [0.15, 0.2) is 0 Å². The third-order valence-electron chi connectivity index (χ3n) is 16.7. The van der Waals surface area contributed by atoms with E-state index in [2.05, 4.69) is 273 Å². The molecule has 0 radical (unpaired) electrons. The lowest BCUT2D eigenvalue weighted by atomic mass is 9.33. The van der Waals surface area contributed by atoms with Crippen LogP contribution in [0.15, 0.2) is 212 Å². The van der Waals surface area contributed by atoms with Crippen molar-refractivity contribution in [2.24, 2.45) is 7.05 Å². The molecule has 1 aliphatic carbocycles. The zero-order valence-corrected chi connectivity index (χ0v) is 42.5. The monoisotopic (exact) mass is 952 g/mol. The third kappa shape index (κ3) is 5.94. The van der Waals surface area contributed by atoms with Crippen LogP contribution in [0.25, 0.3) is 60.4 Å². The second-order valence-electron chi connectivity index (χ2n) is 22.2. The highest BCUT2D eigenvalue weighted by Gasteiger charge is 2.46. The van der Waals surface area contributed by atoms with Gasteiger partial charge < -0.3 is 23.7 Å². The molecule has 4 heterocycles. The van der Waals surface area contributed by atoms with Crippen LogP contribution in [0.2, 0.25) is 0 Å². The number of ether oxygens (including phenoxy) is 1. The second-order valence-corrected chi connectivity index (χ2v) is 22.2. The molecule has 0 N–H and O–H groups in total. The molecule has 0 amide bonds. The summed E-state index contributed by atoms with van der Waals surface area (Å²) >= 11 is 0. The zero-order valence-electron chi connectivity index (χ0n) is 42.5. The van der Waals surface area contributed by atoms with Gasteiger partial charge in [-0.2, -0.15) is 0 Å². The number of para-hydroxylation sites is 5. The van der Waals surface area contributed by atoms with Gasteiger partial charge in [0, 0.05) is 79.5 Å². The summed E-state index contributed by atoms with van der Waals surface area (Å²) in [7, 11) is 2.28. The molecule has 0 atom stereocenters. The molecule has 2 aromatic heterocycles. The SMILES string of the molecule is Cn1c2ccccc2c2c(-n3c4ccccc4c4ccccc43)cc3c(c21)B1c2cc(C(C)(C)C)ccc2Oc2cc(N(c4ccccc4)c4ccccc4)cc(c21)N3c1ccc2c(c1)C(C)(C)c1ccccc1-2. The van der Waals surface area contributed by atoms with Crippen molar-refractivity contribution < 1.29 is 4.74 Å². The summed E-state index contributed by atoms with van der Waals surface area (Å²) in [6.45, 7) is 11.5. The predicted octanol–water partition coefficient (Wildman–Crippen LogP) is 15.9. The number of fused-ring (bicyclic) bond motifs is 14. The van der Waals surface area contributed by atoms with Gasteiger partial charge in [-0.15, -0.1) is 0 Å². The van der Waals surface area contributed by atoms with E-state index in [9.17, 15) is 0 Å². The highest BCUT2D eigenvalue weighted by molar-refractivity contribution is 7.00. The Balaban J connectivity index is 1.13. The fourth-order valence-electron chi connectivity index (χ4n) is 13.2. The number of rotatable bonds is 5. The molecule has 6 heteroatoms. The molecule has 0 bridgehead atoms. The van der Waals surface area contributed by atoms with Crippen LogP contribution in [0.4, 0.5) is 34.1 Å². The van der Waals surface area contributed by atoms with Crippen molar-refractivity contribution in [2.75, 3.05) is 9.80 Å². The van der Waals surface area contributed by atoms with Gasteiger partial charge in [0.1, 0.15) is 11.5 Å². The van der Waals surface area contributed by atoms with E-state index in [0.29, 0.717) is 0 Å². The number of hydrogen-bond donors (Lipinski definition) is 0. The van der Waals surface area contributed by atoms with Gasteiger partial charge in [0.2, 0.25) is 0 Å². The molecule has 5 nitrogen and oxygen atoms in total. The number of aryl methyl sites for hydroxylation is 1. The van der Waals surface area contributed by atoms with Crippen LogP contribution in [0, 0.1) is 0 Å². The maximum Gasteiger partial charge on any atom is 0.259 e. The molecule has 3 aliphatic rings. The van der Waals surface area contributed by atoms with Crippen molar-refractivity contribution >= 4 is 101 Å². The Hall–Kier alpha value is -8.74. The summed E-state index contributed by atoms with van der Waals surface area (Å²) in [4.78, 5) is 4.97. The molecule has 0 fully saturated rings. The number of anilines is 6. The van der Waals surface area contributed by atoms with Crippen molar-refractivity contribution in [2.45, 2.75) is 45.4 Å². The van der Waals surface area contributed by atoms with E-state index in [1.165, 1.54) is 87.8 Å². The topological polar surface area (TPSA) is 25.6 Å². The smallest absolute Gasteiger partial charge is 0.259 e. The summed E-state index contributed by atoms with van der Waals surface area (Å²) in [6, 6.07) is 78.8. The molecule has 0 unspecified atom stereocenters. The summed E-state index contributed by atoms with van der Waals surface area (Å²) in [6.07, 6.45) is 0. The molecule has 354 valence electrons.